The lowest BCUT2D eigenvalue weighted by Gasteiger charge is -2.05. The quantitative estimate of drug-likeness (QED) is 0.640. The molecule has 0 saturated carbocycles. The van der Waals surface area contributed by atoms with Crippen molar-refractivity contribution in [1.29, 1.82) is 0 Å². The van der Waals surface area contributed by atoms with Gasteiger partial charge in [-0.25, -0.2) is 15.0 Å². The van der Waals surface area contributed by atoms with Crippen molar-refractivity contribution >= 4 is 17.6 Å². The Kier molecular flexibility index (Phi) is 4.63. The summed E-state index contributed by atoms with van der Waals surface area (Å²) in [7, 11) is 0. The Balaban J connectivity index is 2.31. The van der Waals surface area contributed by atoms with Crippen LogP contribution in [0.4, 0.5) is 0 Å². The second-order valence-electron chi connectivity index (χ2n) is 4.15. The van der Waals surface area contributed by atoms with E-state index in [1.807, 2.05) is 19.1 Å². The molecule has 0 N–H and O–H groups in total. The van der Waals surface area contributed by atoms with E-state index in [1.54, 1.807) is 19.1 Å². The summed E-state index contributed by atoms with van der Waals surface area (Å²) < 4.78 is 4.89. The molecule has 2 rings (SSSR count). The number of esters is 1. The minimum Gasteiger partial charge on any atom is -0.466 e. The first-order chi connectivity index (χ1) is 9.58. The first kappa shape index (κ1) is 14.4. The summed E-state index contributed by atoms with van der Waals surface area (Å²) in [5.74, 6) is 0.0610. The van der Waals surface area contributed by atoms with Crippen LogP contribution in [0, 0.1) is 6.92 Å². The Morgan fingerprint density at radius 1 is 1.30 bits per heavy atom. The Morgan fingerprint density at radius 2 is 2.10 bits per heavy atom. The van der Waals surface area contributed by atoms with Crippen molar-refractivity contribution < 1.29 is 9.53 Å². The number of nitrogens with zero attached hydrogens (tertiary/aromatic N) is 3. The molecule has 0 saturated heterocycles. The molecule has 6 heteroatoms. The predicted octanol–water partition coefficient (Wildman–Crippen LogP) is 2.61. The monoisotopic (exact) mass is 291 g/mol. The van der Waals surface area contributed by atoms with E-state index in [0.29, 0.717) is 23.8 Å². The molecule has 0 radical (unpaired) electrons. The highest BCUT2D eigenvalue weighted by atomic mass is 35.5. The number of aromatic nitrogens is 3. The Morgan fingerprint density at radius 3 is 2.80 bits per heavy atom. The van der Waals surface area contributed by atoms with Crippen molar-refractivity contribution in [3.05, 3.63) is 40.8 Å². The van der Waals surface area contributed by atoms with E-state index in [4.69, 9.17) is 16.3 Å². The summed E-state index contributed by atoms with van der Waals surface area (Å²) in [6, 6.07) is 7.10. The molecule has 5 nitrogen and oxygen atoms in total. The second-order valence-corrected chi connectivity index (χ2v) is 4.54. The highest BCUT2D eigenvalue weighted by Gasteiger charge is 2.11. The van der Waals surface area contributed by atoms with Crippen LogP contribution < -0.4 is 0 Å². The highest BCUT2D eigenvalue weighted by molar-refractivity contribution is 6.29. The summed E-state index contributed by atoms with van der Waals surface area (Å²) in [5, 5.41) is 0.276. The molecule has 0 aliphatic rings. The van der Waals surface area contributed by atoms with Gasteiger partial charge in [-0.05, 0) is 32.0 Å². The summed E-state index contributed by atoms with van der Waals surface area (Å²) in [6.07, 6.45) is 0.0644. The molecule has 0 bridgehead atoms. The SMILES string of the molecule is CCOC(=O)Cc1cc(Cl)nc(-c2cccc(C)n2)n1. The van der Waals surface area contributed by atoms with Crippen molar-refractivity contribution in [3.8, 4) is 11.5 Å². The van der Waals surface area contributed by atoms with Crippen LogP contribution in [0.2, 0.25) is 5.15 Å². The number of ether oxygens (including phenoxy) is 1. The van der Waals surface area contributed by atoms with Gasteiger partial charge in [-0.15, -0.1) is 0 Å². The number of carbonyl (C=O) groups excluding carboxylic acids is 1. The van der Waals surface area contributed by atoms with Crippen molar-refractivity contribution in [3.63, 3.8) is 0 Å². The average Bonchev–Trinajstić information content (AvgIpc) is 2.38. The van der Waals surface area contributed by atoms with E-state index >= 15 is 0 Å². The molecule has 0 aliphatic carbocycles. The fourth-order valence-corrected chi connectivity index (χ4v) is 1.90. The molecule has 104 valence electrons. The van der Waals surface area contributed by atoms with Crippen LogP contribution in [-0.2, 0) is 16.0 Å². The molecule has 0 spiro atoms. The normalized spacial score (nSPS) is 10.3. The van der Waals surface area contributed by atoms with Gasteiger partial charge in [0.05, 0.1) is 18.7 Å². The summed E-state index contributed by atoms with van der Waals surface area (Å²) in [6.45, 7) is 3.98. The fourth-order valence-electron chi connectivity index (χ4n) is 1.70. The minimum atomic E-state index is -0.342. The maximum absolute atomic E-state index is 11.5. The smallest absolute Gasteiger partial charge is 0.311 e. The van der Waals surface area contributed by atoms with Crippen LogP contribution in [0.25, 0.3) is 11.5 Å². The molecule has 0 unspecified atom stereocenters. The van der Waals surface area contributed by atoms with Gasteiger partial charge in [-0.2, -0.15) is 0 Å². The van der Waals surface area contributed by atoms with Crippen molar-refractivity contribution in [1.82, 2.24) is 15.0 Å². The average molecular weight is 292 g/mol. The third-order valence-electron chi connectivity index (χ3n) is 2.50. The Bertz CT molecular complexity index is 632. The molecule has 2 heterocycles. The maximum Gasteiger partial charge on any atom is 0.311 e. The number of aryl methyl sites for hydroxylation is 1. The van der Waals surface area contributed by atoms with E-state index in [9.17, 15) is 4.79 Å². The zero-order chi connectivity index (χ0) is 14.5. The standard InChI is InChI=1S/C14H14ClN3O2/c1-3-20-13(19)8-10-7-12(15)18-14(17-10)11-6-4-5-9(2)16-11/h4-7H,3,8H2,1-2H3. The van der Waals surface area contributed by atoms with Gasteiger partial charge in [0, 0.05) is 5.69 Å². The van der Waals surface area contributed by atoms with E-state index in [1.165, 1.54) is 0 Å². The summed E-state index contributed by atoms with van der Waals surface area (Å²) in [4.78, 5) is 24.3. The lowest BCUT2D eigenvalue weighted by Crippen LogP contribution is -2.09. The molecule has 2 aromatic rings. The van der Waals surface area contributed by atoms with Gasteiger partial charge in [0.25, 0.3) is 0 Å². The fraction of sp³-hybridized carbons (Fsp3) is 0.286. The molecule has 2 aromatic heterocycles. The van der Waals surface area contributed by atoms with Gasteiger partial charge in [-0.1, -0.05) is 17.7 Å². The first-order valence-electron chi connectivity index (χ1n) is 6.21. The third-order valence-corrected chi connectivity index (χ3v) is 2.69. The van der Waals surface area contributed by atoms with Gasteiger partial charge in [0.15, 0.2) is 5.82 Å². The second kappa shape index (κ2) is 6.43. The zero-order valence-electron chi connectivity index (χ0n) is 11.3. The summed E-state index contributed by atoms with van der Waals surface area (Å²) >= 11 is 5.97. The van der Waals surface area contributed by atoms with Gasteiger partial charge >= 0.3 is 5.97 Å². The largest absolute Gasteiger partial charge is 0.466 e. The lowest BCUT2D eigenvalue weighted by atomic mass is 10.2. The molecule has 0 amide bonds. The van der Waals surface area contributed by atoms with Crippen molar-refractivity contribution in [2.45, 2.75) is 20.3 Å². The zero-order valence-corrected chi connectivity index (χ0v) is 12.0. The van der Waals surface area contributed by atoms with E-state index < -0.39 is 0 Å². The number of carbonyl (C=O) groups is 1. The number of rotatable bonds is 4. The molecule has 20 heavy (non-hydrogen) atoms. The topological polar surface area (TPSA) is 65.0 Å². The van der Waals surface area contributed by atoms with Crippen LogP contribution in [0.5, 0.6) is 0 Å². The van der Waals surface area contributed by atoms with Gasteiger partial charge in [0.1, 0.15) is 10.8 Å². The molecule has 0 fully saturated rings. The van der Waals surface area contributed by atoms with Crippen molar-refractivity contribution in [2.24, 2.45) is 0 Å². The highest BCUT2D eigenvalue weighted by Crippen LogP contribution is 2.17. The molecular formula is C14H14ClN3O2. The summed E-state index contributed by atoms with van der Waals surface area (Å²) in [5.41, 5.74) is 2.00. The number of pyridine rings is 1. The number of hydrogen-bond acceptors (Lipinski definition) is 5. The van der Waals surface area contributed by atoms with Crippen LogP contribution in [0.3, 0.4) is 0 Å². The number of halogens is 1. The molecule has 0 aliphatic heterocycles. The van der Waals surface area contributed by atoms with Gasteiger partial charge < -0.3 is 4.74 Å². The van der Waals surface area contributed by atoms with Crippen LogP contribution >= 0.6 is 11.6 Å². The van der Waals surface area contributed by atoms with E-state index in [2.05, 4.69) is 15.0 Å². The van der Waals surface area contributed by atoms with E-state index in [0.717, 1.165) is 5.69 Å². The maximum atomic E-state index is 11.5. The van der Waals surface area contributed by atoms with Crippen molar-refractivity contribution in [2.75, 3.05) is 6.61 Å². The van der Waals surface area contributed by atoms with Crippen LogP contribution in [0.15, 0.2) is 24.3 Å². The van der Waals surface area contributed by atoms with Gasteiger partial charge in [-0.3, -0.25) is 4.79 Å². The lowest BCUT2D eigenvalue weighted by molar-refractivity contribution is -0.142. The number of hydrogen-bond donors (Lipinski definition) is 0. The minimum absolute atomic E-state index is 0.0644. The predicted molar refractivity (Wildman–Crippen MR) is 75.3 cm³/mol. The first-order valence-corrected chi connectivity index (χ1v) is 6.59. The third kappa shape index (κ3) is 3.74. The Labute approximate surface area is 122 Å². The van der Waals surface area contributed by atoms with Crippen LogP contribution in [-0.4, -0.2) is 27.5 Å². The molecule has 0 aromatic carbocycles. The van der Waals surface area contributed by atoms with Crippen LogP contribution in [0.1, 0.15) is 18.3 Å². The van der Waals surface area contributed by atoms with Gasteiger partial charge in [0.2, 0.25) is 0 Å². The molecular weight excluding hydrogens is 278 g/mol. The molecule has 0 atom stereocenters. The van der Waals surface area contributed by atoms with E-state index in [-0.39, 0.29) is 17.5 Å². The Hall–Kier alpha value is -2.01.